The number of nitro groups is 1. The van der Waals surface area contributed by atoms with Gasteiger partial charge in [0.1, 0.15) is 5.69 Å². The van der Waals surface area contributed by atoms with E-state index in [-0.39, 0.29) is 5.75 Å². The van der Waals surface area contributed by atoms with Gasteiger partial charge in [0, 0.05) is 12.6 Å². The number of nitrogens with one attached hydrogen (secondary N) is 1. The maximum Gasteiger partial charge on any atom is 0.406 e. The average molecular weight is 315 g/mol. The molecule has 1 aromatic carbocycles. The number of nitrogens with zero attached hydrogens (tertiary/aromatic N) is 2. The van der Waals surface area contributed by atoms with E-state index in [4.69, 9.17) is 4.74 Å². The third kappa shape index (κ3) is 4.26. The predicted octanol–water partition coefficient (Wildman–Crippen LogP) is 3.01. The molecule has 7 heteroatoms. The van der Waals surface area contributed by atoms with Gasteiger partial charge in [-0.3, -0.25) is 4.79 Å². The molecule has 23 heavy (non-hydrogen) atoms. The van der Waals surface area contributed by atoms with Crippen LogP contribution in [0.2, 0.25) is 0 Å². The fourth-order valence-corrected chi connectivity index (χ4v) is 1.96. The zero-order valence-corrected chi connectivity index (χ0v) is 13.1. The van der Waals surface area contributed by atoms with E-state index < -0.39 is 22.8 Å². The lowest BCUT2D eigenvalue weighted by molar-refractivity contribution is -0.390. The van der Waals surface area contributed by atoms with E-state index in [0.29, 0.717) is 11.4 Å². The van der Waals surface area contributed by atoms with Crippen LogP contribution in [0.5, 0.6) is 5.75 Å². The highest BCUT2D eigenvalue weighted by molar-refractivity contribution is 5.94. The minimum atomic E-state index is -0.904. The van der Waals surface area contributed by atoms with Crippen molar-refractivity contribution in [2.24, 2.45) is 0 Å². The lowest BCUT2D eigenvalue weighted by Gasteiger charge is -2.14. The van der Waals surface area contributed by atoms with Crippen molar-refractivity contribution < 1.29 is 14.5 Å². The van der Waals surface area contributed by atoms with Gasteiger partial charge >= 0.3 is 5.82 Å². The van der Waals surface area contributed by atoms with Crippen LogP contribution < -0.4 is 10.1 Å². The Labute approximate surface area is 133 Å². The number of aryl methyl sites for hydroxylation is 2. The highest BCUT2D eigenvalue weighted by Gasteiger charge is 2.22. The summed E-state index contributed by atoms with van der Waals surface area (Å²) in [6.45, 7) is 5.08. The molecule has 0 bridgehead atoms. The maximum absolute atomic E-state index is 12.1. The van der Waals surface area contributed by atoms with Gasteiger partial charge in [-0.1, -0.05) is 12.1 Å². The minimum Gasteiger partial charge on any atom is -0.473 e. The van der Waals surface area contributed by atoms with Crippen molar-refractivity contribution in [3.63, 3.8) is 0 Å². The van der Waals surface area contributed by atoms with Crippen LogP contribution >= 0.6 is 0 Å². The molecule has 2 rings (SSSR count). The van der Waals surface area contributed by atoms with Gasteiger partial charge in [-0.2, -0.15) is 0 Å². The number of hydrogen-bond donors (Lipinski definition) is 1. The first-order valence-corrected chi connectivity index (χ1v) is 7.03. The number of ether oxygens (including phenoxy) is 1. The maximum atomic E-state index is 12.1. The lowest BCUT2D eigenvalue weighted by Crippen LogP contribution is -2.30. The van der Waals surface area contributed by atoms with Gasteiger partial charge in [0.2, 0.25) is 5.75 Å². The Morgan fingerprint density at radius 1 is 1.30 bits per heavy atom. The Bertz CT molecular complexity index is 746. The number of pyridine rings is 1. The summed E-state index contributed by atoms with van der Waals surface area (Å²) in [6.07, 6.45) is -0.904. The smallest absolute Gasteiger partial charge is 0.406 e. The van der Waals surface area contributed by atoms with Crippen molar-refractivity contribution >= 4 is 17.4 Å². The van der Waals surface area contributed by atoms with Crippen molar-refractivity contribution in [1.82, 2.24) is 4.98 Å². The van der Waals surface area contributed by atoms with E-state index in [1.165, 1.54) is 13.0 Å². The molecular formula is C16H17N3O4. The molecule has 7 nitrogen and oxygen atoms in total. The number of carbonyl (C=O) groups is 1. The summed E-state index contributed by atoms with van der Waals surface area (Å²) < 4.78 is 5.41. The summed E-state index contributed by atoms with van der Waals surface area (Å²) >= 11 is 0. The van der Waals surface area contributed by atoms with Crippen molar-refractivity contribution in [2.45, 2.75) is 26.9 Å². The normalized spacial score (nSPS) is 11.6. The fraction of sp³-hybridized carbons (Fsp3) is 0.250. The Kier molecular flexibility index (Phi) is 4.90. The summed E-state index contributed by atoms with van der Waals surface area (Å²) in [5.74, 6) is -0.835. The molecule has 1 aromatic heterocycles. The second-order valence-electron chi connectivity index (χ2n) is 5.15. The molecule has 2 aromatic rings. The minimum absolute atomic E-state index is 0.0347. The molecule has 0 aliphatic rings. The average Bonchev–Trinajstić information content (AvgIpc) is 2.48. The Hall–Kier alpha value is -2.96. The van der Waals surface area contributed by atoms with Crippen LogP contribution in [-0.2, 0) is 4.79 Å². The van der Waals surface area contributed by atoms with E-state index in [0.717, 1.165) is 5.56 Å². The standard InChI is InChI=1S/C16H17N3O4/c1-10-5-4-6-13(9-10)18-16(20)12(3)23-14-8-7-11(2)17-15(14)19(21)22/h4-9,12H,1-3H3,(H,18,20)/t12-/m0/s1. The largest absolute Gasteiger partial charge is 0.473 e. The number of carbonyl (C=O) groups excluding carboxylic acids is 1. The number of amides is 1. The van der Waals surface area contributed by atoms with Crippen LogP contribution in [0.1, 0.15) is 18.2 Å². The first kappa shape index (κ1) is 16.4. The molecule has 0 radical (unpaired) electrons. The molecule has 1 atom stereocenters. The van der Waals surface area contributed by atoms with Gasteiger partial charge in [0.15, 0.2) is 6.10 Å². The molecule has 0 aliphatic carbocycles. The van der Waals surface area contributed by atoms with Gasteiger partial charge < -0.3 is 20.2 Å². The van der Waals surface area contributed by atoms with Gasteiger partial charge in [0.25, 0.3) is 5.91 Å². The van der Waals surface area contributed by atoms with E-state index in [9.17, 15) is 14.9 Å². The van der Waals surface area contributed by atoms with E-state index in [1.807, 2.05) is 25.1 Å². The first-order valence-electron chi connectivity index (χ1n) is 7.03. The fourth-order valence-electron chi connectivity index (χ4n) is 1.96. The second-order valence-corrected chi connectivity index (χ2v) is 5.15. The number of rotatable bonds is 5. The number of hydrogen-bond acceptors (Lipinski definition) is 5. The number of aromatic nitrogens is 1. The van der Waals surface area contributed by atoms with Crippen molar-refractivity contribution in [3.8, 4) is 5.75 Å². The Balaban J connectivity index is 2.11. The SMILES string of the molecule is Cc1cccc(NC(=O)[C@H](C)Oc2ccc(C)nc2[N+](=O)[O-])c1. The van der Waals surface area contributed by atoms with E-state index in [1.54, 1.807) is 19.1 Å². The zero-order valence-electron chi connectivity index (χ0n) is 13.1. The van der Waals surface area contributed by atoms with Crippen LogP contribution in [0.15, 0.2) is 36.4 Å². The first-order chi connectivity index (χ1) is 10.9. The Morgan fingerprint density at radius 3 is 2.70 bits per heavy atom. The number of anilines is 1. The zero-order chi connectivity index (χ0) is 17.0. The van der Waals surface area contributed by atoms with Gasteiger partial charge in [-0.05, 0) is 53.6 Å². The summed E-state index contributed by atoms with van der Waals surface area (Å²) in [7, 11) is 0. The number of benzene rings is 1. The van der Waals surface area contributed by atoms with Crippen molar-refractivity contribution in [3.05, 3.63) is 57.8 Å². The summed E-state index contributed by atoms with van der Waals surface area (Å²) in [5, 5.41) is 13.7. The summed E-state index contributed by atoms with van der Waals surface area (Å²) in [6, 6.07) is 10.3. The molecule has 1 N–H and O–H groups in total. The van der Waals surface area contributed by atoms with Gasteiger partial charge in [-0.15, -0.1) is 0 Å². The van der Waals surface area contributed by atoms with Gasteiger partial charge in [-0.25, -0.2) is 0 Å². The second kappa shape index (κ2) is 6.87. The Morgan fingerprint density at radius 2 is 2.04 bits per heavy atom. The van der Waals surface area contributed by atoms with Crippen LogP contribution in [0.4, 0.5) is 11.5 Å². The molecule has 0 saturated carbocycles. The molecule has 0 spiro atoms. The molecule has 0 unspecified atom stereocenters. The molecule has 1 heterocycles. The van der Waals surface area contributed by atoms with Crippen molar-refractivity contribution in [2.75, 3.05) is 5.32 Å². The van der Waals surface area contributed by atoms with Crippen LogP contribution in [0.25, 0.3) is 0 Å². The molecular weight excluding hydrogens is 298 g/mol. The third-order valence-electron chi connectivity index (χ3n) is 3.11. The monoisotopic (exact) mass is 315 g/mol. The van der Waals surface area contributed by atoms with Crippen LogP contribution in [0, 0.1) is 24.0 Å². The predicted molar refractivity (Wildman–Crippen MR) is 85.5 cm³/mol. The summed E-state index contributed by atoms with van der Waals surface area (Å²) in [5.41, 5.74) is 2.15. The molecule has 120 valence electrons. The van der Waals surface area contributed by atoms with Gasteiger partial charge in [0.05, 0.1) is 0 Å². The van der Waals surface area contributed by atoms with Crippen molar-refractivity contribution in [1.29, 1.82) is 0 Å². The van der Waals surface area contributed by atoms with Crippen LogP contribution in [0.3, 0.4) is 0 Å². The molecule has 1 amide bonds. The molecule has 0 aliphatic heterocycles. The highest BCUT2D eigenvalue weighted by Crippen LogP contribution is 2.25. The van der Waals surface area contributed by atoms with E-state index >= 15 is 0 Å². The third-order valence-corrected chi connectivity index (χ3v) is 3.11. The molecule has 0 saturated heterocycles. The summed E-state index contributed by atoms with van der Waals surface area (Å²) in [4.78, 5) is 26.4. The van der Waals surface area contributed by atoms with E-state index in [2.05, 4.69) is 10.3 Å². The molecule has 0 fully saturated rings. The van der Waals surface area contributed by atoms with Crippen LogP contribution in [-0.4, -0.2) is 21.9 Å². The topological polar surface area (TPSA) is 94.4 Å². The highest BCUT2D eigenvalue weighted by atomic mass is 16.6. The lowest BCUT2D eigenvalue weighted by atomic mass is 10.2. The quantitative estimate of drug-likeness (QED) is 0.676.